The Bertz CT molecular complexity index is 358. The van der Waals surface area contributed by atoms with Crippen LogP contribution < -0.4 is 0 Å². The summed E-state index contributed by atoms with van der Waals surface area (Å²) in [6.07, 6.45) is 0.470. The summed E-state index contributed by atoms with van der Waals surface area (Å²) in [7, 11) is 0. The summed E-state index contributed by atoms with van der Waals surface area (Å²) in [5, 5.41) is 0. The Hall–Kier alpha value is -1.64. The van der Waals surface area contributed by atoms with Crippen molar-refractivity contribution in [2.45, 2.75) is 6.92 Å². The Kier molecular flexibility index (Phi) is 3.40. The predicted octanol–water partition coefficient (Wildman–Crippen LogP) is 2.65. The lowest BCUT2D eigenvalue weighted by Gasteiger charge is -2.08. The molecule has 0 atom stereocenters. The molecule has 0 N–H and O–H groups in total. The van der Waals surface area contributed by atoms with Crippen LogP contribution in [0, 0.1) is 5.82 Å². The first kappa shape index (κ1) is 10.4. The molecule has 0 fully saturated rings. The number of carbonyl (C=O) groups excluding carboxylic acids is 1. The molecule has 0 heterocycles. The number of aldehydes is 1. The van der Waals surface area contributed by atoms with Gasteiger partial charge < -0.3 is 4.74 Å². The van der Waals surface area contributed by atoms with Crippen LogP contribution in [0.4, 0.5) is 4.39 Å². The van der Waals surface area contributed by atoms with Gasteiger partial charge in [0, 0.05) is 0 Å². The molecule has 0 saturated heterocycles. The third-order valence-corrected chi connectivity index (χ3v) is 1.77. The second kappa shape index (κ2) is 4.56. The second-order valence-electron chi connectivity index (χ2n) is 2.68. The highest BCUT2D eigenvalue weighted by Crippen LogP contribution is 2.19. The van der Waals surface area contributed by atoms with Crippen molar-refractivity contribution in [3.8, 4) is 0 Å². The fraction of sp³-hybridized carbons (Fsp3) is 0.182. The van der Waals surface area contributed by atoms with Crippen molar-refractivity contribution < 1.29 is 13.9 Å². The molecule has 0 aliphatic heterocycles. The minimum absolute atomic E-state index is 0.0170. The first-order valence-electron chi connectivity index (χ1n) is 4.26. The Morgan fingerprint density at radius 3 is 2.93 bits per heavy atom. The van der Waals surface area contributed by atoms with Gasteiger partial charge in [-0.1, -0.05) is 12.6 Å². The summed E-state index contributed by atoms with van der Waals surface area (Å²) in [5.41, 5.74) is 0.250. The van der Waals surface area contributed by atoms with Crippen LogP contribution in [-0.2, 0) is 4.74 Å². The van der Waals surface area contributed by atoms with Gasteiger partial charge in [-0.25, -0.2) is 4.39 Å². The molecule has 74 valence electrons. The minimum atomic E-state index is -0.582. The summed E-state index contributed by atoms with van der Waals surface area (Å²) in [6.45, 7) is 5.78. The maximum absolute atomic E-state index is 13.5. The standard InChI is InChI=1S/C11H11FO2/c1-3-14-8(2)10-6-4-5-9(7-13)11(10)12/h4-7H,2-3H2,1H3. The van der Waals surface area contributed by atoms with Gasteiger partial charge in [0.25, 0.3) is 0 Å². The van der Waals surface area contributed by atoms with E-state index in [-0.39, 0.29) is 16.9 Å². The lowest BCUT2D eigenvalue weighted by molar-refractivity contribution is 0.111. The summed E-state index contributed by atoms with van der Waals surface area (Å²) in [5.74, 6) is -0.338. The zero-order valence-corrected chi connectivity index (χ0v) is 7.92. The molecule has 0 radical (unpaired) electrons. The highest BCUT2D eigenvalue weighted by molar-refractivity contribution is 5.77. The third-order valence-electron chi connectivity index (χ3n) is 1.77. The zero-order valence-electron chi connectivity index (χ0n) is 7.92. The molecule has 1 aromatic rings. The average molecular weight is 194 g/mol. The molecule has 0 saturated carbocycles. The van der Waals surface area contributed by atoms with Crippen molar-refractivity contribution in [1.29, 1.82) is 0 Å². The molecule has 1 rings (SSSR count). The lowest BCUT2D eigenvalue weighted by atomic mass is 10.1. The van der Waals surface area contributed by atoms with Gasteiger partial charge in [0.1, 0.15) is 11.6 Å². The molecule has 3 heteroatoms. The molecule has 0 aliphatic carbocycles. The van der Waals surface area contributed by atoms with Crippen LogP contribution in [0.5, 0.6) is 0 Å². The smallest absolute Gasteiger partial charge is 0.153 e. The number of halogens is 1. The molecule has 0 aliphatic rings. The Balaban J connectivity index is 3.09. The highest BCUT2D eigenvalue weighted by Gasteiger charge is 2.10. The van der Waals surface area contributed by atoms with Crippen molar-refractivity contribution in [2.75, 3.05) is 6.61 Å². The SMILES string of the molecule is C=C(OCC)c1cccc(C=O)c1F. The van der Waals surface area contributed by atoms with Crippen molar-refractivity contribution in [2.24, 2.45) is 0 Å². The second-order valence-corrected chi connectivity index (χ2v) is 2.68. The van der Waals surface area contributed by atoms with Crippen LogP contribution >= 0.6 is 0 Å². The molecule has 0 unspecified atom stereocenters. The van der Waals surface area contributed by atoms with Gasteiger partial charge >= 0.3 is 0 Å². The van der Waals surface area contributed by atoms with Crippen molar-refractivity contribution >= 4 is 12.0 Å². The summed E-state index contributed by atoms with van der Waals surface area (Å²) >= 11 is 0. The van der Waals surface area contributed by atoms with E-state index in [1.807, 2.05) is 0 Å². The maximum atomic E-state index is 13.5. The van der Waals surface area contributed by atoms with Gasteiger partial charge in [-0.3, -0.25) is 4.79 Å². The third kappa shape index (κ3) is 1.99. The molecule has 0 spiro atoms. The largest absolute Gasteiger partial charge is 0.494 e. The van der Waals surface area contributed by atoms with Gasteiger partial charge in [0.2, 0.25) is 0 Å². The number of hydrogen-bond donors (Lipinski definition) is 0. The van der Waals surface area contributed by atoms with Gasteiger partial charge in [-0.15, -0.1) is 0 Å². The number of carbonyl (C=O) groups is 1. The topological polar surface area (TPSA) is 26.3 Å². The van der Waals surface area contributed by atoms with E-state index in [9.17, 15) is 9.18 Å². The van der Waals surface area contributed by atoms with E-state index in [2.05, 4.69) is 6.58 Å². The van der Waals surface area contributed by atoms with E-state index in [1.165, 1.54) is 12.1 Å². The van der Waals surface area contributed by atoms with Crippen LogP contribution in [-0.4, -0.2) is 12.9 Å². The number of hydrogen-bond acceptors (Lipinski definition) is 2. The highest BCUT2D eigenvalue weighted by atomic mass is 19.1. The summed E-state index contributed by atoms with van der Waals surface area (Å²) in [6, 6.07) is 4.53. The molecule has 0 amide bonds. The van der Waals surface area contributed by atoms with Crippen LogP contribution in [0.3, 0.4) is 0 Å². The maximum Gasteiger partial charge on any atom is 0.153 e. The van der Waals surface area contributed by atoms with Crippen molar-refractivity contribution in [3.05, 3.63) is 41.7 Å². The van der Waals surface area contributed by atoms with E-state index in [0.29, 0.717) is 12.9 Å². The number of ether oxygens (including phenoxy) is 1. The number of rotatable bonds is 4. The molecule has 0 aromatic heterocycles. The van der Waals surface area contributed by atoms with Crippen LogP contribution in [0.25, 0.3) is 5.76 Å². The van der Waals surface area contributed by atoms with E-state index >= 15 is 0 Å². The lowest BCUT2D eigenvalue weighted by Crippen LogP contribution is -1.97. The molecule has 14 heavy (non-hydrogen) atoms. The van der Waals surface area contributed by atoms with Gasteiger partial charge in [-0.2, -0.15) is 0 Å². The van der Waals surface area contributed by atoms with Crippen molar-refractivity contribution in [3.63, 3.8) is 0 Å². The van der Waals surface area contributed by atoms with Gasteiger partial charge in [-0.05, 0) is 19.1 Å². The van der Waals surface area contributed by atoms with E-state index < -0.39 is 5.82 Å². The fourth-order valence-corrected chi connectivity index (χ4v) is 1.11. The first-order chi connectivity index (χ1) is 6.70. The Morgan fingerprint density at radius 1 is 1.64 bits per heavy atom. The zero-order chi connectivity index (χ0) is 10.6. The quantitative estimate of drug-likeness (QED) is 0.544. The van der Waals surface area contributed by atoms with E-state index in [1.54, 1.807) is 13.0 Å². The van der Waals surface area contributed by atoms with Gasteiger partial charge in [0.15, 0.2) is 6.29 Å². The van der Waals surface area contributed by atoms with E-state index in [0.717, 1.165) is 0 Å². The molecule has 0 bridgehead atoms. The molecular weight excluding hydrogens is 183 g/mol. The molecule has 1 aromatic carbocycles. The van der Waals surface area contributed by atoms with Crippen LogP contribution in [0.2, 0.25) is 0 Å². The molecular formula is C11H11FO2. The first-order valence-corrected chi connectivity index (χ1v) is 4.26. The van der Waals surface area contributed by atoms with E-state index in [4.69, 9.17) is 4.74 Å². The van der Waals surface area contributed by atoms with Crippen molar-refractivity contribution in [1.82, 2.24) is 0 Å². The average Bonchev–Trinajstić information content (AvgIpc) is 2.18. The van der Waals surface area contributed by atoms with Gasteiger partial charge in [0.05, 0.1) is 17.7 Å². The Labute approximate surface area is 82.0 Å². The minimum Gasteiger partial charge on any atom is -0.494 e. The summed E-state index contributed by atoms with van der Waals surface area (Å²) in [4.78, 5) is 10.4. The fourth-order valence-electron chi connectivity index (χ4n) is 1.11. The monoisotopic (exact) mass is 194 g/mol. The normalized spacial score (nSPS) is 9.57. The van der Waals surface area contributed by atoms with Crippen LogP contribution in [0.15, 0.2) is 24.8 Å². The Morgan fingerprint density at radius 2 is 2.36 bits per heavy atom. The van der Waals surface area contributed by atoms with Crippen LogP contribution in [0.1, 0.15) is 22.8 Å². The molecule has 2 nitrogen and oxygen atoms in total. The number of benzene rings is 1. The predicted molar refractivity (Wildman–Crippen MR) is 52.4 cm³/mol. The summed E-state index contributed by atoms with van der Waals surface area (Å²) < 4.78 is 18.5.